The molecule has 29 heavy (non-hydrogen) atoms. The van der Waals surface area contributed by atoms with Gasteiger partial charge in [0.2, 0.25) is 0 Å². The molecule has 0 amide bonds. The third kappa shape index (κ3) is 12.4. The lowest BCUT2D eigenvalue weighted by Gasteiger charge is -2.39. The van der Waals surface area contributed by atoms with Crippen molar-refractivity contribution in [1.29, 1.82) is 0 Å². The topological polar surface area (TPSA) is 57.2 Å². The molecule has 0 aliphatic carbocycles. The van der Waals surface area contributed by atoms with Crippen LogP contribution in [0.4, 0.5) is 0 Å². The molecule has 0 fully saturated rings. The summed E-state index contributed by atoms with van der Waals surface area (Å²) in [7, 11) is 0.182. The molecule has 0 aliphatic rings. The zero-order valence-electron chi connectivity index (χ0n) is 18.9. The van der Waals surface area contributed by atoms with Gasteiger partial charge >= 0.3 is 0 Å². The predicted octanol–water partition coefficient (Wildman–Crippen LogP) is 6.05. The highest BCUT2D eigenvalue weighted by atomic mass is 32.2. The van der Waals surface area contributed by atoms with E-state index in [9.17, 15) is 13.0 Å². The molecule has 4 nitrogen and oxygen atoms in total. The SMILES string of the molecule is CCCCCCCCCCCCC(c1ccccc1)[N+](C)(C)CCCS(=O)(=O)[O-]. The molecule has 0 bridgehead atoms. The van der Waals surface area contributed by atoms with Gasteiger partial charge in [-0.3, -0.25) is 0 Å². The van der Waals surface area contributed by atoms with Crippen molar-refractivity contribution >= 4 is 10.1 Å². The maximum Gasteiger partial charge on any atom is 0.114 e. The minimum absolute atomic E-state index is 0.269. The molecular formula is C24H43NO3S. The van der Waals surface area contributed by atoms with E-state index in [4.69, 9.17) is 0 Å². The lowest BCUT2D eigenvalue weighted by atomic mass is 9.96. The summed E-state index contributed by atoms with van der Waals surface area (Å²) in [6.45, 7) is 2.95. The molecule has 1 unspecified atom stereocenters. The molecule has 1 rings (SSSR count). The fourth-order valence-electron chi connectivity index (χ4n) is 4.22. The van der Waals surface area contributed by atoms with Crippen LogP contribution in [0.25, 0.3) is 0 Å². The first kappa shape index (κ1) is 26.1. The van der Waals surface area contributed by atoms with Crippen LogP contribution in [0.3, 0.4) is 0 Å². The maximum absolute atomic E-state index is 11.0. The largest absolute Gasteiger partial charge is 0.748 e. The van der Waals surface area contributed by atoms with Crippen molar-refractivity contribution in [3.63, 3.8) is 0 Å². The van der Waals surface area contributed by atoms with Crippen molar-refractivity contribution in [2.45, 2.75) is 90.0 Å². The number of hydrogen-bond acceptors (Lipinski definition) is 3. The minimum Gasteiger partial charge on any atom is -0.748 e. The molecule has 0 heterocycles. The molecular weight excluding hydrogens is 382 g/mol. The monoisotopic (exact) mass is 425 g/mol. The Balaban J connectivity index is 2.44. The Morgan fingerprint density at radius 2 is 1.34 bits per heavy atom. The third-order valence-electron chi connectivity index (χ3n) is 5.99. The fraction of sp³-hybridized carbons (Fsp3) is 0.750. The summed E-state index contributed by atoms with van der Waals surface area (Å²) in [4.78, 5) is 0. The third-order valence-corrected chi connectivity index (χ3v) is 6.78. The van der Waals surface area contributed by atoms with Crippen LogP contribution in [0.15, 0.2) is 30.3 Å². The number of rotatable bonds is 17. The smallest absolute Gasteiger partial charge is 0.114 e. The van der Waals surface area contributed by atoms with Crippen molar-refractivity contribution in [1.82, 2.24) is 0 Å². The summed E-state index contributed by atoms with van der Waals surface area (Å²) in [5.41, 5.74) is 1.30. The van der Waals surface area contributed by atoms with Gasteiger partial charge in [-0.1, -0.05) is 95.0 Å². The van der Waals surface area contributed by atoms with Gasteiger partial charge in [-0.2, -0.15) is 0 Å². The van der Waals surface area contributed by atoms with Crippen molar-refractivity contribution in [3.8, 4) is 0 Å². The lowest BCUT2D eigenvalue weighted by molar-refractivity contribution is -0.921. The Morgan fingerprint density at radius 1 is 0.828 bits per heavy atom. The summed E-state index contributed by atoms with van der Waals surface area (Å²) >= 11 is 0. The quantitative estimate of drug-likeness (QED) is 0.173. The van der Waals surface area contributed by atoms with E-state index in [1.54, 1.807) is 0 Å². The molecule has 1 atom stereocenters. The number of benzene rings is 1. The lowest BCUT2D eigenvalue weighted by Crippen LogP contribution is -2.44. The summed E-state index contributed by atoms with van der Waals surface area (Å²) in [6, 6.07) is 10.9. The van der Waals surface area contributed by atoms with Crippen molar-refractivity contribution < 1.29 is 17.5 Å². The molecule has 1 aromatic rings. The van der Waals surface area contributed by atoms with E-state index in [0.717, 1.165) is 10.9 Å². The highest BCUT2D eigenvalue weighted by molar-refractivity contribution is 7.85. The van der Waals surface area contributed by atoms with E-state index in [2.05, 4.69) is 45.3 Å². The molecule has 0 aromatic heterocycles. The molecule has 5 heteroatoms. The second-order valence-electron chi connectivity index (χ2n) is 9.01. The van der Waals surface area contributed by atoms with Gasteiger partial charge in [-0.05, 0) is 6.42 Å². The highest BCUT2D eigenvalue weighted by Gasteiger charge is 2.29. The first-order chi connectivity index (χ1) is 13.8. The molecule has 0 radical (unpaired) electrons. The van der Waals surface area contributed by atoms with E-state index in [1.807, 2.05) is 6.07 Å². The van der Waals surface area contributed by atoms with Gasteiger partial charge in [0.05, 0.1) is 30.8 Å². The van der Waals surface area contributed by atoms with Crippen LogP contribution in [0.2, 0.25) is 0 Å². The average Bonchev–Trinajstić information content (AvgIpc) is 2.65. The molecule has 0 aliphatic heterocycles. The number of unbranched alkanes of at least 4 members (excludes halogenated alkanes) is 9. The summed E-state index contributed by atoms with van der Waals surface area (Å²) in [5.74, 6) is -0.269. The number of hydrogen-bond donors (Lipinski definition) is 0. The van der Waals surface area contributed by atoms with E-state index < -0.39 is 10.1 Å². The molecule has 0 saturated carbocycles. The average molecular weight is 426 g/mol. The Morgan fingerprint density at radius 3 is 1.86 bits per heavy atom. The van der Waals surface area contributed by atoms with E-state index in [0.29, 0.717) is 19.0 Å². The molecule has 0 saturated heterocycles. The predicted molar refractivity (Wildman–Crippen MR) is 122 cm³/mol. The van der Waals surface area contributed by atoms with Crippen LogP contribution in [0.5, 0.6) is 0 Å². The molecule has 168 valence electrons. The summed E-state index contributed by atoms with van der Waals surface area (Å²) in [5, 5.41) is 0. The first-order valence-corrected chi connectivity index (χ1v) is 13.1. The van der Waals surface area contributed by atoms with Crippen LogP contribution in [-0.4, -0.2) is 43.8 Å². The Bertz CT molecular complexity index is 629. The van der Waals surface area contributed by atoms with E-state index in [1.165, 1.54) is 69.8 Å². The van der Waals surface area contributed by atoms with Gasteiger partial charge in [0, 0.05) is 24.2 Å². The highest BCUT2D eigenvalue weighted by Crippen LogP contribution is 2.31. The van der Waals surface area contributed by atoms with Crippen LogP contribution in [0.1, 0.15) is 95.6 Å². The van der Waals surface area contributed by atoms with Gasteiger partial charge in [0.25, 0.3) is 0 Å². The van der Waals surface area contributed by atoms with Gasteiger partial charge in [-0.25, -0.2) is 8.42 Å². The van der Waals surface area contributed by atoms with Crippen molar-refractivity contribution in [3.05, 3.63) is 35.9 Å². The van der Waals surface area contributed by atoms with Crippen LogP contribution in [-0.2, 0) is 10.1 Å². The maximum atomic E-state index is 11.0. The summed E-state index contributed by atoms with van der Waals surface area (Å²) in [6.07, 6.45) is 14.8. The van der Waals surface area contributed by atoms with Crippen LogP contribution >= 0.6 is 0 Å². The van der Waals surface area contributed by atoms with Gasteiger partial charge < -0.3 is 9.04 Å². The van der Waals surface area contributed by atoms with Crippen LogP contribution < -0.4 is 0 Å². The standard InChI is InChI=1S/C24H43NO3S/c1-4-5-6-7-8-9-10-11-12-16-20-24(23-18-14-13-15-19-23)25(2,3)21-17-22-29(26,27)28/h13-15,18-19,24H,4-12,16-17,20-22H2,1-3H3. The fourth-order valence-corrected chi connectivity index (χ4v) is 4.71. The second kappa shape index (κ2) is 14.2. The normalized spacial score (nSPS) is 13.5. The van der Waals surface area contributed by atoms with Gasteiger partial charge in [0.1, 0.15) is 6.04 Å². The van der Waals surface area contributed by atoms with Crippen molar-refractivity contribution in [2.75, 3.05) is 26.4 Å². The zero-order chi connectivity index (χ0) is 21.6. The molecule has 1 aromatic carbocycles. The number of quaternary nitrogens is 1. The first-order valence-electron chi connectivity index (χ1n) is 11.6. The Labute approximate surface area is 180 Å². The Kier molecular flexibility index (Phi) is 12.8. The van der Waals surface area contributed by atoms with Gasteiger partial charge in [-0.15, -0.1) is 0 Å². The zero-order valence-corrected chi connectivity index (χ0v) is 19.8. The number of nitrogens with zero attached hydrogens (tertiary/aromatic N) is 1. The van der Waals surface area contributed by atoms with E-state index in [-0.39, 0.29) is 5.75 Å². The van der Waals surface area contributed by atoms with Crippen LogP contribution in [0, 0.1) is 0 Å². The minimum atomic E-state index is -4.13. The second-order valence-corrected chi connectivity index (χ2v) is 10.5. The van der Waals surface area contributed by atoms with E-state index >= 15 is 0 Å². The molecule has 0 N–H and O–H groups in total. The molecule has 0 spiro atoms. The van der Waals surface area contributed by atoms with Crippen molar-refractivity contribution in [2.24, 2.45) is 0 Å². The summed E-state index contributed by atoms with van der Waals surface area (Å²) < 4.78 is 33.6. The van der Waals surface area contributed by atoms with Gasteiger partial charge in [0.15, 0.2) is 0 Å². The Hall–Kier alpha value is -0.910.